The minimum atomic E-state index is -0.224. The molecular weight excluding hydrogens is 564 g/mol. The monoisotopic (exact) mass is 604 g/mol. The molecule has 0 spiro atoms. The van der Waals surface area contributed by atoms with E-state index in [2.05, 4.69) is 36.5 Å². The Labute approximate surface area is 257 Å². The molecule has 0 unspecified atom stereocenters. The minimum absolute atomic E-state index is 0.224. The van der Waals surface area contributed by atoms with Crippen molar-refractivity contribution in [2.24, 2.45) is 11.3 Å². The number of halogens is 1. The molecule has 222 valence electrons. The molecule has 2 aliphatic rings. The van der Waals surface area contributed by atoms with E-state index in [0.717, 1.165) is 47.8 Å². The van der Waals surface area contributed by atoms with Crippen LogP contribution >= 0.6 is 22.9 Å². The standard InChI is InChI=1S/C33H41ClN6OS/c1-20-26(28(34)40(39-20)23-13-9-6-10-14-23)31(41)36-18-17-35-30-27-24-16-15-22(33(2,3)4)19-25(24)42-32(27)38-29(37-30)21-11-7-5-8-12-21/h6,9-10,13-14,21-22H,5,7-8,11-12,15-19H2,1-4H3,(H,36,41)(H,35,37,38)/t22-/m0/s1. The van der Waals surface area contributed by atoms with Crippen LogP contribution in [0.1, 0.15) is 97.5 Å². The topological polar surface area (TPSA) is 84.7 Å². The molecule has 0 aliphatic heterocycles. The number of hydrogen-bond acceptors (Lipinski definition) is 6. The number of rotatable bonds is 7. The van der Waals surface area contributed by atoms with Crippen molar-refractivity contribution in [2.75, 3.05) is 18.4 Å². The molecule has 0 saturated heterocycles. The molecule has 42 heavy (non-hydrogen) atoms. The molecule has 3 aromatic heterocycles. The van der Waals surface area contributed by atoms with Crippen molar-refractivity contribution >= 4 is 44.9 Å². The lowest BCUT2D eigenvalue weighted by Crippen LogP contribution is -2.29. The van der Waals surface area contributed by atoms with Crippen LogP contribution in [0.15, 0.2) is 30.3 Å². The SMILES string of the molecule is Cc1nn(-c2ccccc2)c(Cl)c1C(=O)NCCNc1nc(C2CCCCC2)nc2sc3c(c12)CC[C@H](C(C)(C)C)C3. The van der Waals surface area contributed by atoms with Crippen molar-refractivity contribution in [1.82, 2.24) is 25.1 Å². The predicted molar refractivity (Wildman–Crippen MR) is 172 cm³/mol. The van der Waals surface area contributed by atoms with Crippen molar-refractivity contribution < 1.29 is 4.79 Å². The maximum atomic E-state index is 13.2. The molecule has 3 heterocycles. The number of aryl methyl sites for hydroxylation is 2. The fraction of sp³-hybridized carbons (Fsp3) is 0.515. The van der Waals surface area contributed by atoms with Gasteiger partial charge in [0.15, 0.2) is 0 Å². The molecule has 9 heteroatoms. The number of benzene rings is 1. The second-order valence-corrected chi connectivity index (χ2v) is 14.4. The Bertz CT molecular complexity index is 1580. The van der Waals surface area contributed by atoms with E-state index in [9.17, 15) is 4.79 Å². The number of anilines is 1. The average molecular weight is 605 g/mol. The van der Waals surface area contributed by atoms with Crippen LogP contribution in [0.5, 0.6) is 0 Å². The Morgan fingerprint density at radius 2 is 1.83 bits per heavy atom. The predicted octanol–water partition coefficient (Wildman–Crippen LogP) is 7.88. The van der Waals surface area contributed by atoms with E-state index in [1.807, 2.05) is 48.6 Å². The third kappa shape index (κ3) is 5.80. The highest BCUT2D eigenvalue weighted by Gasteiger charge is 2.32. The van der Waals surface area contributed by atoms with E-state index in [-0.39, 0.29) is 5.91 Å². The highest BCUT2D eigenvalue weighted by Crippen LogP contribution is 2.45. The third-order valence-corrected chi connectivity index (χ3v) is 10.6. The molecule has 7 nitrogen and oxygen atoms in total. The maximum Gasteiger partial charge on any atom is 0.256 e. The van der Waals surface area contributed by atoms with Gasteiger partial charge in [0, 0.05) is 23.9 Å². The van der Waals surface area contributed by atoms with Crippen LogP contribution < -0.4 is 10.6 Å². The van der Waals surface area contributed by atoms with E-state index in [0.29, 0.717) is 46.8 Å². The minimum Gasteiger partial charge on any atom is -0.368 e. The summed E-state index contributed by atoms with van der Waals surface area (Å²) in [5.41, 5.74) is 3.55. The fourth-order valence-corrected chi connectivity index (χ4v) is 8.21. The number of amides is 1. The first-order valence-corrected chi connectivity index (χ1v) is 16.5. The fourth-order valence-electron chi connectivity index (χ4n) is 6.55. The van der Waals surface area contributed by atoms with Gasteiger partial charge in [-0.05, 0) is 68.1 Å². The summed E-state index contributed by atoms with van der Waals surface area (Å²) in [5, 5.41) is 12.7. The molecule has 1 fully saturated rings. The summed E-state index contributed by atoms with van der Waals surface area (Å²) >= 11 is 8.50. The van der Waals surface area contributed by atoms with Gasteiger partial charge in [-0.15, -0.1) is 11.3 Å². The lowest BCUT2D eigenvalue weighted by molar-refractivity contribution is 0.0954. The number of nitrogens with one attached hydrogen (secondary N) is 2. The van der Waals surface area contributed by atoms with Crippen molar-refractivity contribution in [3.8, 4) is 5.69 Å². The Balaban J connectivity index is 1.21. The van der Waals surface area contributed by atoms with Gasteiger partial charge in [-0.2, -0.15) is 5.10 Å². The first-order valence-electron chi connectivity index (χ1n) is 15.4. The normalized spacial score (nSPS) is 17.8. The molecule has 0 bridgehead atoms. The molecule has 2 aliphatic carbocycles. The van der Waals surface area contributed by atoms with E-state index in [1.54, 1.807) is 4.68 Å². The number of fused-ring (bicyclic) bond motifs is 3. The summed E-state index contributed by atoms with van der Waals surface area (Å²) in [4.78, 5) is 26.1. The quantitative estimate of drug-likeness (QED) is 0.210. The van der Waals surface area contributed by atoms with Crippen LogP contribution in [-0.4, -0.2) is 38.7 Å². The van der Waals surface area contributed by atoms with Crippen LogP contribution in [-0.2, 0) is 12.8 Å². The lowest BCUT2D eigenvalue weighted by atomic mass is 9.72. The number of hydrogen-bond donors (Lipinski definition) is 2. The second-order valence-electron chi connectivity index (χ2n) is 12.9. The van der Waals surface area contributed by atoms with Crippen molar-refractivity contribution in [3.63, 3.8) is 0 Å². The van der Waals surface area contributed by atoms with Crippen LogP contribution in [0, 0.1) is 18.3 Å². The zero-order chi connectivity index (χ0) is 29.4. The molecule has 4 aromatic rings. The molecule has 1 saturated carbocycles. The number of carbonyl (C=O) groups is 1. The summed E-state index contributed by atoms with van der Waals surface area (Å²) in [6.45, 7) is 9.89. The first-order chi connectivity index (χ1) is 20.2. The highest BCUT2D eigenvalue weighted by molar-refractivity contribution is 7.19. The van der Waals surface area contributed by atoms with E-state index in [4.69, 9.17) is 21.6 Å². The molecule has 1 aromatic carbocycles. The van der Waals surface area contributed by atoms with Crippen LogP contribution in [0.4, 0.5) is 5.82 Å². The summed E-state index contributed by atoms with van der Waals surface area (Å²) in [7, 11) is 0. The van der Waals surface area contributed by atoms with Gasteiger partial charge in [-0.1, -0.05) is 69.8 Å². The largest absolute Gasteiger partial charge is 0.368 e. The number of carbonyl (C=O) groups excluding carboxylic acids is 1. The van der Waals surface area contributed by atoms with Gasteiger partial charge in [0.1, 0.15) is 21.6 Å². The van der Waals surface area contributed by atoms with Crippen LogP contribution in [0.3, 0.4) is 0 Å². The number of nitrogens with zero attached hydrogens (tertiary/aromatic N) is 4. The van der Waals surface area contributed by atoms with Crippen molar-refractivity contribution in [1.29, 1.82) is 0 Å². The Kier molecular flexibility index (Phi) is 8.29. The zero-order valence-electron chi connectivity index (χ0n) is 25.1. The van der Waals surface area contributed by atoms with E-state index < -0.39 is 0 Å². The number of thiophene rings is 1. The van der Waals surface area contributed by atoms with Crippen molar-refractivity contribution in [3.05, 3.63) is 63.0 Å². The number of aromatic nitrogens is 4. The molecule has 2 N–H and O–H groups in total. The lowest BCUT2D eigenvalue weighted by Gasteiger charge is -2.33. The summed E-state index contributed by atoms with van der Waals surface area (Å²) in [6, 6.07) is 9.62. The second kappa shape index (κ2) is 12.0. The summed E-state index contributed by atoms with van der Waals surface area (Å²) in [6.07, 6.45) is 9.50. The first kappa shape index (κ1) is 29.1. The van der Waals surface area contributed by atoms with Gasteiger partial charge in [0.2, 0.25) is 0 Å². The van der Waals surface area contributed by atoms with Gasteiger partial charge in [0.05, 0.1) is 22.3 Å². The van der Waals surface area contributed by atoms with Gasteiger partial charge in [0.25, 0.3) is 5.91 Å². The molecule has 1 atom stereocenters. The molecular formula is C33H41ClN6OS. The molecule has 0 radical (unpaired) electrons. The van der Waals surface area contributed by atoms with Gasteiger partial charge < -0.3 is 10.6 Å². The average Bonchev–Trinajstić information content (AvgIpc) is 3.51. The van der Waals surface area contributed by atoms with Gasteiger partial charge in [-0.25, -0.2) is 14.6 Å². The van der Waals surface area contributed by atoms with Crippen LogP contribution in [0.2, 0.25) is 5.15 Å². The number of para-hydroxylation sites is 1. The van der Waals surface area contributed by atoms with Crippen molar-refractivity contribution in [2.45, 2.75) is 85.0 Å². The Morgan fingerprint density at radius 3 is 2.57 bits per heavy atom. The maximum absolute atomic E-state index is 13.2. The molecule has 6 rings (SSSR count). The smallest absolute Gasteiger partial charge is 0.256 e. The van der Waals surface area contributed by atoms with E-state index >= 15 is 0 Å². The van der Waals surface area contributed by atoms with E-state index in [1.165, 1.54) is 41.5 Å². The Morgan fingerprint density at radius 1 is 1.07 bits per heavy atom. The summed E-state index contributed by atoms with van der Waals surface area (Å²) < 4.78 is 1.61. The Hall–Kier alpha value is -2.97. The zero-order valence-corrected chi connectivity index (χ0v) is 26.7. The summed E-state index contributed by atoms with van der Waals surface area (Å²) in [5.74, 6) is 2.79. The van der Waals surface area contributed by atoms with Gasteiger partial charge in [-0.3, -0.25) is 4.79 Å². The van der Waals surface area contributed by atoms with Gasteiger partial charge >= 0.3 is 0 Å². The third-order valence-electron chi connectivity index (χ3n) is 9.06. The molecule has 1 amide bonds. The highest BCUT2D eigenvalue weighted by atomic mass is 35.5. The van der Waals surface area contributed by atoms with Crippen LogP contribution in [0.25, 0.3) is 15.9 Å².